The summed E-state index contributed by atoms with van der Waals surface area (Å²) in [7, 11) is 0. The van der Waals surface area contributed by atoms with Crippen molar-refractivity contribution in [1.29, 1.82) is 0 Å². The molecule has 6 heteroatoms. The predicted octanol–water partition coefficient (Wildman–Crippen LogP) is 16.0. The number of hydrogen-bond donors (Lipinski definition) is 0. The van der Waals surface area contributed by atoms with Crippen LogP contribution in [-0.2, 0) is 0 Å². The molecule has 0 N–H and O–H groups in total. The van der Waals surface area contributed by atoms with E-state index in [0.717, 1.165) is 20.2 Å². The zero-order valence-electron chi connectivity index (χ0n) is 48.4. The van der Waals surface area contributed by atoms with Gasteiger partial charge in [0, 0.05) is 58.4 Å². The first kappa shape index (κ1) is 23.1. The first-order chi connectivity index (χ1) is 37.8. The average Bonchev–Trinajstić information content (AvgIpc) is 4.22. The predicted molar refractivity (Wildman–Crippen MR) is 260 cm³/mol. The Morgan fingerprint density at radius 2 is 1.02 bits per heavy atom. The topological polar surface area (TPSA) is 65.0 Å². The van der Waals surface area contributed by atoms with E-state index < -0.39 is 89.7 Å². The van der Waals surface area contributed by atoms with Gasteiger partial charge in [0.2, 0.25) is 0 Å². The van der Waals surface area contributed by atoms with Crippen molar-refractivity contribution >= 4 is 75.4 Å². The molecule has 0 bridgehead atoms. The SMILES string of the molecule is [2H]c1c([2H])c([2H])c(-c2c([2H])c([2H])c(-c3cccc(-c4nc(-c5ccc6sc7ccccc7c6c5)nc(-c5cccc6oc7cc(-c8c([2H])c([2H])c9c(oc%10c([2H])c([2H])c([2H])c([2H])c%109)c8[2H])ccc7c56)n4)c3)c([2H])c2[2H])c([2H])c1[2H]. The lowest BCUT2D eigenvalue weighted by atomic mass is 9.99. The summed E-state index contributed by atoms with van der Waals surface area (Å²) in [4.78, 5) is 15.2. The van der Waals surface area contributed by atoms with Crippen molar-refractivity contribution in [2.75, 3.05) is 0 Å². The highest BCUT2D eigenvalue weighted by Gasteiger charge is 2.20. The van der Waals surface area contributed by atoms with Gasteiger partial charge in [-0.25, -0.2) is 15.0 Å². The van der Waals surface area contributed by atoms with E-state index in [-0.39, 0.29) is 68.4 Å². The molecule has 0 atom stereocenters. The maximum absolute atomic E-state index is 9.26. The zero-order chi connectivity index (χ0) is 55.4. The number of nitrogens with zero attached hydrogens (tertiary/aromatic N) is 3. The van der Waals surface area contributed by atoms with E-state index in [1.54, 1.807) is 65.9 Å². The number of hydrogen-bond acceptors (Lipinski definition) is 6. The standard InChI is InChI=1S/C57H33N3O2S/c1-2-10-34(11-3-1)35-20-22-36(23-21-35)37-12-8-13-40(30-37)55-58-56(41-26-29-53-47(31-41)44-15-5-7-19-52(44)63-53)60-57(59-55)46-16-9-18-49-54(46)45-28-25-39(33-51(45)62-49)38-24-27-43-42-14-4-6-17-48(42)61-50(43)32-38/h1-33H/i1D,2D,3D,4D,6D,10D,11D,14D,17D,20D,21D,22D,23D,24D,27D,32D. The summed E-state index contributed by atoms with van der Waals surface area (Å²) in [6.45, 7) is 0. The van der Waals surface area contributed by atoms with Crippen LogP contribution in [-0.4, -0.2) is 15.0 Å². The lowest BCUT2D eigenvalue weighted by Crippen LogP contribution is -2.00. The monoisotopic (exact) mass is 839 g/mol. The average molecular weight is 840 g/mol. The lowest BCUT2D eigenvalue weighted by Gasteiger charge is -2.11. The van der Waals surface area contributed by atoms with Gasteiger partial charge in [0.1, 0.15) is 22.3 Å². The van der Waals surface area contributed by atoms with Gasteiger partial charge in [-0.2, -0.15) is 0 Å². The van der Waals surface area contributed by atoms with E-state index in [4.69, 9.17) is 41.6 Å². The zero-order valence-corrected chi connectivity index (χ0v) is 33.2. The Bertz CT molecular complexity index is 4840. The van der Waals surface area contributed by atoms with Crippen LogP contribution in [0.1, 0.15) is 21.9 Å². The minimum atomic E-state index is -0.674. The van der Waals surface area contributed by atoms with Crippen LogP contribution in [0.15, 0.2) is 209 Å². The fraction of sp³-hybridized carbons (Fsp3) is 0. The number of furan rings is 2. The van der Waals surface area contributed by atoms with E-state index in [1.807, 2.05) is 36.4 Å². The summed E-state index contributed by atoms with van der Waals surface area (Å²) in [5, 5.41) is 3.13. The molecule has 0 aliphatic rings. The van der Waals surface area contributed by atoms with Crippen molar-refractivity contribution in [1.82, 2.24) is 15.0 Å². The van der Waals surface area contributed by atoms with Crippen molar-refractivity contribution < 1.29 is 30.8 Å². The number of thiophene rings is 1. The fourth-order valence-corrected chi connectivity index (χ4v) is 9.09. The molecule has 0 saturated heterocycles. The van der Waals surface area contributed by atoms with Crippen LogP contribution in [0.25, 0.3) is 132 Å². The van der Waals surface area contributed by atoms with E-state index >= 15 is 0 Å². The molecule has 0 fully saturated rings. The van der Waals surface area contributed by atoms with Gasteiger partial charge in [-0.15, -0.1) is 11.3 Å². The van der Waals surface area contributed by atoms with Crippen LogP contribution >= 0.6 is 11.3 Å². The first-order valence-corrected chi connectivity index (χ1v) is 20.5. The number of rotatable bonds is 6. The van der Waals surface area contributed by atoms with Gasteiger partial charge in [0.05, 0.1) is 21.9 Å². The molecule has 0 radical (unpaired) electrons. The second-order valence-electron chi connectivity index (χ2n) is 14.7. The molecular formula is C57H33N3O2S. The first-order valence-electron chi connectivity index (χ1n) is 27.7. The van der Waals surface area contributed by atoms with Crippen molar-refractivity contribution in [2.24, 2.45) is 0 Å². The van der Waals surface area contributed by atoms with E-state index in [1.165, 1.54) is 0 Å². The number of para-hydroxylation sites is 1. The summed E-state index contributed by atoms with van der Waals surface area (Å²) in [5.41, 5.74) is 1.67. The van der Waals surface area contributed by atoms with Crippen LogP contribution in [0.5, 0.6) is 0 Å². The molecule has 0 spiro atoms. The van der Waals surface area contributed by atoms with Crippen LogP contribution in [0.2, 0.25) is 0 Å². The molecule has 0 amide bonds. The molecular weight excluding hydrogens is 791 g/mol. The third kappa shape index (κ3) is 6.03. The van der Waals surface area contributed by atoms with Crippen molar-refractivity contribution in [3.8, 4) is 67.5 Å². The Balaban J connectivity index is 0.980. The highest BCUT2D eigenvalue weighted by molar-refractivity contribution is 7.25. The molecule has 63 heavy (non-hydrogen) atoms. The van der Waals surface area contributed by atoms with Gasteiger partial charge in [-0.1, -0.05) is 133 Å². The van der Waals surface area contributed by atoms with Gasteiger partial charge >= 0.3 is 0 Å². The number of aromatic nitrogens is 3. The van der Waals surface area contributed by atoms with Gasteiger partial charge in [-0.3, -0.25) is 0 Å². The minimum Gasteiger partial charge on any atom is -0.456 e. The van der Waals surface area contributed by atoms with Crippen LogP contribution in [0, 0.1) is 0 Å². The third-order valence-corrected chi connectivity index (χ3v) is 12.1. The van der Waals surface area contributed by atoms with Crippen LogP contribution in [0.3, 0.4) is 0 Å². The van der Waals surface area contributed by atoms with Gasteiger partial charge < -0.3 is 8.83 Å². The maximum atomic E-state index is 9.26. The molecule has 0 unspecified atom stereocenters. The Morgan fingerprint density at radius 3 is 1.90 bits per heavy atom. The maximum Gasteiger partial charge on any atom is 0.164 e. The molecule has 4 aromatic heterocycles. The molecule has 0 aliphatic heterocycles. The van der Waals surface area contributed by atoms with E-state index in [2.05, 4.69) is 12.1 Å². The largest absolute Gasteiger partial charge is 0.456 e. The van der Waals surface area contributed by atoms with Crippen molar-refractivity contribution in [3.05, 3.63) is 200 Å². The molecule has 13 rings (SSSR count). The Morgan fingerprint density at radius 1 is 0.365 bits per heavy atom. The number of benzene rings is 9. The normalized spacial score (nSPS) is 15.4. The molecule has 13 aromatic rings. The highest BCUT2D eigenvalue weighted by atomic mass is 32.1. The number of fused-ring (bicyclic) bond motifs is 9. The fourth-order valence-electron chi connectivity index (χ4n) is 8.00. The minimum absolute atomic E-state index is 0.0247. The van der Waals surface area contributed by atoms with Gasteiger partial charge in [-0.05, 0) is 100 Å². The summed E-state index contributed by atoms with van der Waals surface area (Å²) in [6, 6.07) is 22.7. The molecule has 0 saturated carbocycles. The third-order valence-electron chi connectivity index (χ3n) is 11.0. The summed E-state index contributed by atoms with van der Waals surface area (Å²) < 4.78 is 153. The van der Waals surface area contributed by atoms with E-state index in [0.29, 0.717) is 50.0 Å². The van der Waals surface area contributed by atoms with Crippen molar-refractivity contribution in [2.45, 2.75) is 0 Å². The summed E-state index contributed by atoms with van der Waals surface area (Å²) in [5.74, 6) is 0.713. The molecule has 4 heterocycles. The smallest absolute Gasteiger partial charge is 0.164 e. The second-order valence-corrected chi connectivity index (χ2v) is 15.8. The molecule has 5 nitrogen and oxygen atoms in total. The molecule has 0 aliphatic carbocycles. The van der Waals surface area contributed by atoms with Crippen LogP contribution in [0.4, 0.5) is 0 Å². The summed E-state index contributed by atoms with van der Waals surface area (Å²) in [6.07, 6.45) is 0. The van der Waals surface area contributed by atoms with Crippen molar-refractivity contribution in [3.63, 3.8) is 0 Å². The molecule has 9 aromatic carbocycles. The Labute approximate surface area is 387 Å². The van der Waals surface area contributed by atoms with E-state index in [9.17, 15) is 4.11 Å². The Hall–Kier alpha value is -8.19. The molecule has 294 valence electrons. The summed E-state index contributed by atoms with van der Waals surface area (Å²) >= 11 is 1.66. The lowest BCUT2D eigenvalue weighted by molar-refractivity contribution is 0.668. The quantitative estimate of drug-likeness (QED) is 0.167. The second kappa shape index (κ2) is 14.2. The van der Waals surface area contributed by atoms with Gasteiger partial charge in [0.25, 0.3) is 0 Å². The van der Waals surface area contributed by atoms with Gasteiger partial charge in [0.15, 0.2) is 17.5 Å². The van der Waals surface area contributed by atoms with Crippen LogP contribution < -0.4 is 0 Å². The highest BCUT2D eigenvalue weighted by Crippen LogP contribution is 2.41. The Kier molecular flexibility index (Phi) is 5.22.